The third kappa shape index (κ3) is 1.68. The van der Waals surface area contributed by atoms with Gasteiger partial charge in [0, 0.05) is 5.39 Å². The number of nitrogens with two attached hydrogens (primary N) is 1. The van der Waals surface area contributed by atoms with Crippen LogP contribution in [0, 0.1) is 6.92 Å². The summed E-state index contributed by atoms with van der Waals surface area (Å²) in [7, 11) is 0. The first-order valence-corrected chi connectivity index (χ1v) is 5.68. The number of aromatic hydroxyl groups is 1. The fourth-order valence-corrected chi connectivity index (χ4v) is 2.15. The molecular weight excluding hydrogens is 226 g/mol. The van der Waals surface area contributed by atoms with E-state index in [-0.39, 0.29) is 5.75 Å². The van der Waals surface area contributed by atoms with Crippen LogP contribution in [0.3, 0.4) is 0 Å². The van der Waals surface area contributed by atoms with Crippen LogP contribution in [-0.4, -0.2) is 15.3 Å². The van der Waals surface area contributed by atoms with Gasteiger partial charge in [0.2, 0.25) is 0 Å². The van der Waals surface area contributed by atoms with E-state index in [9.17, 15) is 5.11 Å². The maximum absolute atomic E-state index is 9.63. The van der Waals surface area contributed by atoms with Crippen LogP contribution in [0.5, 0.6) is 5.75 Å². The molecule has 0 bridgehead atoms. The zero-order valence-electron chi connectivity index (χ0n) is 9.94. The molecule has 18 heavy (non-hydrogen) atoms. The number of anilines is 1. The van der Waals surface area contributed by atoms with E-state index >= 15 is 0 Å². The van der Waals surface area contributed by atoms with Crippen molar-refractivity contribution in [3.05, 3.63) is 42.0 Å². The third-order valence-corrected chi connectivity index (χ3v) is 2.99. The molecule has 0 radical (unpaired) electrons. The summed E-state index contributed by atoms with van der Waals surface area (Å²) >= 11 is 0. The van der Waals surface area contributed by atoms with Gasteiger partial charge in [-0.2, -0.15) is 5.10 Å². The number of H-pyrrole nitrogens is 1. The van der Waals surface area contributed by atoms with Crippen LogP contribution in [-0.2, 0) is 0 Å². The number of aromatic nitrogens is 2. The van der Waals surface area contributed by atoms with Gasteiger partial charge in [0.1, 0.15) is 5.75 Å². The first-order chi connectivity index (χ1) is 8.63. The van der Waals surface area contributed by atoms with Crippen LogP contribution < -0.4 is 5.73 Å². The molecule has 4 nitrogen and oxygen atoms in total. The number of nitrogen functional groups attached to an aromatic ring is 1. The number of phenols is 1. The highest BCUT2D eigenvalue weighted by Gasteiger charge is 2.05. The van der Waals surface area contributed by atoms with Crippen molar-refractivity contribution in [1.29, 1.82) is 0 Å². The van der Waals surface area contributed by atoms with Crippen LogP contribution in [0.4, 0.5) is 5.82 Å². The molecule has 0 unspecified atom stereocenters. The quantitative estimate of drug-likeness (QED) is 0.611. The Morgan fingerprint density at radius 2 is 1.94 bits per heavy atom. The monoisotopic (exact) mass is 239 g/mol. The van der Waals surface area contributed by atoms with Gasteiger partial charge < -0.3 is 10.8 Å². The summed E-state index contributed by atoms with van der Waals surface area (Å²) in [6.07, 6.45) is 0. The van der Waals surface area contributed by atoms with E-state index in [4.69, 9.17) is 5.73 Å². The molecular formula is C14H13N3O. The maximum Gasteiger partial charge on any atom is 0.153 e. The lowest BCUT2D eigenvalue weighted by atomic mass is 10.0. The Bertz CT molecular complexity index is 711. The molecule has 3 aromatic rings. The Morgan fingerprint density at radius 1 is 1.11 bits per heavy atom. The molecule has 1 heterocycles. The molecule has 2 aromatic carbocycles. The first-order valence-electron chi connectivity index (χ1n) is 5.68. The van der Waals surface area contributed by atoms with Crippen molar-refractivity contribution >= 4 is 16.7 Å². The van der Waals surface area contributed by atoms with Gasteiger partial charge in [-0.05, 0) is 47.9 Å². The Hall–Kier alpha value is -2.49. The maximum atomic E-state index is 9.63. The zero-order chi connectivity index (χ0) is 12.7. The molecule has 4 N–H and O–H groups in total. The van der Waals surface area contributed by atoms with Crippen molar-refractivity contribution in [3.63, 3.8) is 0 Å². The van der Waals surface area contributed by atoms with Crippen LogP contribution >= 0.6 is 0 Å². The molecule has 90 valence electrons. The fraction of sp³-hybridized carbons (Fsp3) is 0.0714. The van der Waals surface area contributed by atoms with E-state index in [1.165, 1.54) is 0 Å². The number of fused-ring (bicyclic) bond motifs is 1. The number of nitrogens with one attached hydrogen (secondary N) is 1. The number of phenolic OH excluding ortho intramolecular Hbond substituents is 1. The minimum atomic E-state index is 0.272. The second-order valence-electron chi connectivity index (χ2n) is 4.43. The Labute approximate surface area is 104 Å². The van der Waals surface area contributed by atoms with Crippen molar-refractivity contribution in [2.24, 2.45) is 0 Å². The van der Waals surface area contributed by atoms with E-state index < -0.39 is 0 Å². The minimum Gasteiger partial charge on any atom is -0.508 e. The minimum absolute atomic E-state index is 0.272. The molecule has 1 aromatic heterocycles. The summed E-state index contributed by atoms with van der Waals surface area (Å²) < 4.78 is 0. The molecule has 0 aliphatic carbocycles. The van der Waals surface area contributed by atoms with E-state index in [0.717, 1.165) is 27.6 Å². The van der Waals surface area contributed by atoms with Gasteiger partial charge in [0.05, 0.1) is 5.52 Å². The molecule has 0 saturated carbocycles. The Balaban J connectivity index is 2.18. The van der Waals surface area contributed by atoms with Gasteiger partial charge in [0.25, 0.3) is 0 Å². The van der Waals surface area contributed by atoms with E-state index in [2.05, 4.69) is 10.2 Å². The highest BCUT2D eigenvalue weighted by molar-refractivity contribution is 5.91. The second-order valence-corrected chi connectivity index (χ2v) is 4.43. The standard InChI is InChI=1S/C14H13N3O/c1-8-4-10(6-11(18)5-8)9-2-3-12-13(7-9)16-17-14(12)15/h2-7,18H,1H3,(H3,15,16,17). The number of nitrogens with zero attached hydrogens (tertiary/aromatic N) is 1. The van der Waals surface area contributed by atoms with Crippen molar-refractivity contribution in [2.75, 3.05) is 5.73 Å². The highest BCUT2D eigenvalue weighted by Crippen LogP contribution is 2.28. The van der Waals surface area contributed by atoms with Gasteiger partial charge >= 0.3 is 0 Å². The summed E-state index contributed by atoms with van der Waals surface area (Å²) in [6.45, 7) is 1.95. The summed E-state index contributed by atoms with van der Waals surface area (Å²) in [5.41, 5.74) is 9.64. The molecule has 3 rings (SSSR count). The van der Waals surface area contributed by atoms with Gasteiger partial charge in [-0.15, -0.1) is 0 Å². The van der Waals surface area contributed by atoms with Gasteiger partial charge in [0.15, 0.2) is 5.82 Å². The van der Waals surface area contributed by atoms with Crippen LogP contribution in [0.25, 0.3) is 22.0 Å². The molecule has 0 atom stereocenters. The van der Waals surface area contributed by atoms with Gasteiger partial charge in [-0.1, -0.05) is 12.1 Å². The van der Waals surface area contributed by atoms with Gasteiger partial charge in [-0.25, -0.2) is 0 Å². The van der Waals surface area contributed by atoms with Crippen molar-refractivity contribution in [2.45, 2.75) is 6.92 Å². The molecule has 4 heteroatoms. The van der Waals surface area contributed by atoms with Crippen molar-refractivity contribution in [1.82, 2.24) is 10.2 Å². The van der Waals surface area contributed by atoms with Crippen molar-refractivity contribution in [3.8, 4) is 16.9 Å². The van der Waals surface area contributed by atoms with E-state index in [1.54, 1.807) is 12.1 Å². The Kier molecular flexibility index (Phi) is 2.23. The lowest BCUT2D eigenvalue weighted by Crippen LogP contribution is -1.84. The lowest BCUT2D eigenvalue weighted by molar-refractivity contribution is 0.475. The zero-order valence-corrected chi connectivity index (χ0v) is 9.94. The summed E-state index contributed by atoms with van der Waals surface area (Å²) in [5.74, 6) is 0.776. The molecule has 0 amide bonds. The van der Waals surface area contributed by atoms with Gasteiger partial charge in [-0.3, -0.25) is 5.10 Å². The predicted molar refractivity (Wildman–Crippen MR) is 72.3 cm³/mol. The van der Waals surface area contributed by atoms with E-state index in [0.29, 0.717) is 5.82 Å². The third-order valence-electron chi connectivity index (χ3n) is 2.99. The fourth-order valence-electron chi connectivity index (χ4n) is 2.15. The SMILES string of the molecule is Cc1cc(O)cc(-c2ccc3c(N)n[nH]c3c2)c1. The number of hydrogen-bond acceptors (Lipinski definition) is 3. The smallest absolute Gasteiger partial charge is 0.153 e. The van der Waals surface area contributed by atoms with E-state index in [1.807, 2.05) is 31.2 Å². The highest BCUT2D eigenvalue weighted by atomic mass is 16.3. The molecule has 0 fully saturated rings. The molecule has 0 aliphatic heterocycles. The summed E-state index contributed by atoms with van der Waals surface area (Å²) in [6, 6.07) is 11.4. The average Bonchev–Trinajstić information content (AvgIpc) is 2.69. The number of rotatable bonds is 1. The normalized spacial score (nSPS) is 10.9. The summed E-state index contributed by atoms with van der Waals surface area (Å²) in [5, 5.41) is 17.4. The summed E-state index contributed by atoms with van der Waals surface area (Å²) in [4.78, 5) is 0. The van der Waals surface area contributed by atoms with Crippen LogP contribution in [0.1, 0.15) is 5.56 Å². The average molecular weight is 239 g/mol. The molecule has 0 aliphatic rings. The van der Waals surface area contributed by atoms with Crippen LogP contribution in [0.2, 0.25) is 0 Å². The second kappa shape index (κ2) is 3.77. The largest absolute Gasteiger partial charge is 0.508 e. The number of benzene rings is 2. The Morgan fingerprint density at radius 3 is 2.72 bits per heavy atom. The topological polar surface area (TPSA) is 74.9 Å². The number of aryl methyl sites for hydroxylation is 1. The van der Waals surface area contributed by atoms with Crippen molar-refractivity contribution < 1.29 is 5.11 Å². The lowest BCUT2D eigenvalue weighted by Gasteiger charge is -2.04. The molecule has 0 saturated heterocycles. The molecule has 0 spiro atoms. The first kappa shape index (κ1) is 10.7. The number of aromatic amines is 1. The predicted octanol–water partition coefficient (Wildman–Crippen LogP) is 2.83. The number of hydrogen-bond donors (Lipinski definition) is 3. The van der Waals surface area contributed by atoms with Crippen LogP contribution in [0.15, 0.2) is 36.4 Å².